The van der Waals surface area contributed by atoms with Gasteiger partial charge >= 0.3 is 0 Å². The zero-order chi connectivity index (χ0) is 12.0. The minimum atomic E-state index is 0.639. The number of anilines is 2. The van der Waals surface area contributed by atoms with E-state index < -0.39 is 0 Å². The maximum atomic E-state index is 8.78. The molecule has 0 spiro atoms. The predicted octanol–water partition coefficient (Wildman–Crippen LogP) is 2.99. The van der Waals surface area contributed by atoms with Gasteiger partial charge in [0.05, 0.1) is 23.0 Å². The van der Waals surface area contributed by atoms with E-state index in [2.05, 4.69) is 25.2 Å². The summed E-state index contributed by atoms with van der Waals surface area (Å²) in [5.74, 6) is 0.726. The van der Waals surface area contributed by atoms with Crippen LogP contribution in [0, 0.1) is 17.2 Å². The minimum absolute atomic E-state index is 0.639. The highest BCUT2D eigenvalue weighted by Gasteiger charge is 2.00. The van der Waals surface area contributed by atoms with Gasteiger partial charge in [0.25, 0.3) is 0 Å². The summed E-state index contributed by atoms with van der Waals surface area (Å²) in [4.78, 5) is 0. The first-order valence-corrected chi connectivity index (χ1v) is 5.67. The molecule has 0 aliphatic heterocycles. The summed E-state index contributed by atoms with van der Waals surface area (Å²) in [5.41, 5.74) is 8.02. The monoisotopic (exact) mass is 217 g/mol. The standard InChI is InChI=1S/C13H19N3/c1-10(2)4-3-7-16-13-8-11(9-14)5-6-12(13)15/h5-6,8,10,16H,3-4,7,15H2,1-2H3. The molecule has 3 heteroatoms. The molecule has 0 saturated carbocycles. The molecule has 1 aromatic rings. The molecular formula is C13H19N3. The lowest BCUT2D eigenvalue weighted by molar-refractivity contribution is 0.567. The summed E-state index contributed by atoms with van der Waals surface area (Å²) in [6, 6.07) is 7.40. The number of benzene rings is 1. The van der Waals surface area contributed by atoms with E-state index in [0.717, 1.165) is 24.6 Å². The van der Waals surface area contributed by atoms with Crippen LogP contribution in [0.1, 0.15) is 32.3 Å². The Labute approximate surface area is 97.3 Å². The molecule has 3 nitrogen and oxygen atoms in total. The van der Waals surface area contributed by atoms with Crippen LogP contribution in [0.3, 0.4) is 0 Å². The highest BCUT2D eigenvalue weighted by molar-refractivity contribution is 5.68. The Hall–Kier alpha value is -1.69. The van der Waals surface area contributed by atoms with Crippen LogP contribution in [0.15, 0.2) is 18.2 Å². The molecule has 0 aliphatic rings. The van der Waals surface area contributed by atoms with Gasteiger partial charge in [-0.2, -0.15) is 5.26 Å². The number of nitriles is 1. The molecule has 16 heavy (non-hydrogen) atoms. The molecule has 0 fully saturated rings. The molecule has 0 unspecified atom stereocenters. The largest absolute Gasteiger partial charge is 0.397 e. The number of hydrogen-bond acceptors (Lipinski definition) is 3. The number of hydrogen-bond donors (Lipinski definition) is 2. The molecule has 0 amide bonds. The van der Waals surface area contributed by atoms with Crippen LogP contribution in [0.2, 0.25) is 0 Å². The van der Waals surface area contributed by atoms with Crippen LogP contribution in [-0.2, 0) is 0 Å². The van der Waals surface area contributed by atoms with Gasteiger partial charge in [0.15, 0.2) is 0 Å². The quantitative estimate of drug-likeness (QED) is 0.588. The Morgan fingerprint density at radius 1 is 1.44 bits per heavy atom. The SMILES string of the molecule is CC(C)CCCNc1cc(C#N)ccc1N. The number of nitrogen functional groups attached to an aromatic ring is 1. The van der Waals surface area contributed by atoms with E-state index in [0.29, 0.717) is 11.3 Å². The molecule has 0 saturated heterocycles. The molecule has 0 heterocycles. The highest BCUT2D eigenvalue weighted by atomic mass is 14.9. The van der Waals surface area contributed by atoms with Crippen molar-refractivity contribution in [2.24, 2.45) is 5.92 Å². The molecule has 3 N–H and O–H groups in total. The Morgan fingerprint density at radius 3 is 2.81 bits per heavy atom. The molecule has 0 radical (unpaired) electrons. The number of nitrogens with one attached hydrogen (secondary N) is 1. The second kappa shape index (κ2) is 6.02. The van der Waals surface area contributed by atoms with Gasteiger partial charge in [-0.05, 0) is 37.0 Å². The van der Waals surface area contributed by atoms with Crippen molar-refractivity contribution in [1.29, 1.82) is 5.26 Å². The van der Waals surface area contributed by atoms with Gasteiger partial charge in [0.1, 0.15) is 0 Å². The summed E-state index contributed by atoms with van der Waals surface area (Å²) < 4.78 is 0. The highest BCUT2D eigenvalue weighted by Crippen LogP contribution is 2.19. The topological polar surface area (TPSA) is 61.8 Å². The molecule has 0 atom stereocenters. The number of nitrogens with two attached hydrogens (primary N) is 1. The maximum absolute atomic E-state index is 8.78. The van der Waals surface area contributed by atoms with Crippen molar-refractivity contribution in [3.8, 4) is 6.07 Å². The van der Waals surface area contributed by atoms with E-state index in [-0.39, 0.29) is 0 Å². The van der Waals surface area contributed by atoms with Crippen molar-refractivity contribution in [3.63, 3.8) is 0 Å². The fourth-order valence-corrected chi connectivity index (χ4v) is 1.51. The van der Waals surface area contributed by atoms with Gasteiger partial charge in [-0.3, -0.25) is 0 Å². The van der Waals surface area contributed by atoms with Gasteiger partial charge in [-0.1, -0.05) is 13.8 Å². The van der Waals surface area contributed by atoms with E-state index in [9.17, 15) is 0 Å². The van der Waals surface area contributed by atoms with Crippen LogP contribution in [0.25, 0.3) is 0 Å². The normalized spacial score (nSPS) is 10.1. The van der Waals surface area contributed by atoms with E-state index in [1.54, 1.807) is 18.2 Å². The minimum Gasteiger partial charge on any atom is -0.397 e. The molecule has 0 aromatic heterocycles. The third kappa shape index (κ3) is 3.82. The first kappa shape index (κ1) is 12.4. The first-order chi connectivity index (χ1) is 7.63. The van der Waals surface area contributed by atoms with Crippen molar-refractivity contribution in [2.45, 2.75) is 26.7 Å². The van der Waals surface area contributed by atoms with Crippen LogP contribution < -0.4 is 11.1 Å². The lowest BCUT2D eigenvalue weighted by atomic mass is 10.1. The third-order valence-electron chi connectivity index (χ3n) is 2.46. The fraction of sp³-hybridized carbons (Fsp3) is 0.462. The third-order valence-corrected chi connectivity index (χ3v) is 2.46. The second-order valence-corrected chi connectivity index (χ2v) is 4.38. The lowest BCUT2D eigenvalue weighted by Gasteiger charge is -2.10. The smallest absolute Gasteiger partial charge is 0.0992 e. The first-order valence-electron chi connectivity index (χ1n) is 5.67. The van der Waals surface area contributed by atoms with Gasteiger partial charge < -0.3 is 11.1 Å². The summed E-state index contributed by atoms with van der Waals surface area (Å²) in [6.45, 7) is 5.33. The Balaban J connectivity index is 2.50. The van der Waals surface area contributed by atoms with Crippen molar-refractivity contribution in [3.05, 3.63) is 23.8 Å². The number of rotatable bonds is 5. The average molecular weight is 217 g/mol. The van der Waals surface area contributed by atoms with Gasteiger partial charge in [0, 0.05) is 6.54 Å². The predicted molar refractivity (Wildman–Crippen MR) is 68.1 cm³/mol. The van der Waals surface area contributed by atoms with E-state index in [1.807, 2.05) is 0 Å². The van der Waals surface area contributed by atoms with Crippen molar-refractivity contribution in [1.82, 2.24) is 0 Å². The van der Waals surface area contributed by atoms with Gasteiger partial charge in [-0.25, -0.2) is 0 Å². The van der Waals surface area contributed by atoms with Gasteiger partial charge in [0.2, 0.25) is 0 Å². The van der Waals surface area contributed by atoms with Crippen LogP contribution >= 0.6 is 0 Å². The van der Waals surface area contributed by atoms with Crippen molar-refractivity contribution < 1.29 is 0 Å². The molecule has 0 bridgehead atoms. The van der Waals surface area contributed by atoms with Crippen molar-refractivity contribution in [2.75, 3.05) is 17.6 Å². The van der Waals surface area contributed by atoms with Crippen LogP contribution in [0.4, 0.5) is 11.4 Å². The summed E-state index contributed by atoms with van der Waals surface area (Å²) >= 11 is 0. The second-order valence-electron chi connectivity index (χ2n) is 4.38. The van der Waals surface area contributed by atoms with E-state index >= 15 is 0 Å². The maximum Gasteiger partial charge on any atom is 0.0992 e. The summed E-state index contributed by atoms with van der Waals surface area (Å²) in [5, 5.41) is 12.0. The Morgan fingerprint density at radius 2 is 2.19 bits per heavy atom. The van der Waals surface area contributed by atoms with Crippen LogP contribution in [-0.4, -0.2) is 6.54 Å². The number of nitrogens with zero attached hydrogens (tertiary/aromatic N) is 1. The molecule has 0 aliphatic carbocycles. The van der Waals surface area contributed by atoms with E-state index in [4.69, 9.17) is 11.0 Å². The fourth-order valence-electron chi connectivity index (χ4n) is 1.51. The summed E-state index contributed by atoms with van der Waals surface area (Å²) in [6.07, 6.45) is 2.32. The lowest BCUT2D eigenvalue weighted by Crippen LogP contribution is -2.05. The summed E-state index contributed by atoms with van der Waals surface area (Å²) in [7, 11) is 0. The van der Waals surface area contributed by atoms with Crippen LogP contribution in [0.5, 0.6) is 0 Å². The average Bonchev–Trinajstić information content (AvgIpc) is 2.26. The molecule has 1 aromatic carbocycles. The molecular weight excluding hydrogens is 198 g/mol. The van der Waals surface area contributed by atoms with E-state index in [1.165, 1.54) is 6.42 Å². The zero-order valence-corrected chi connectivity index (χ0v) is 9.96. The Kier molecular flexibility index (Phi) is 4.65. The molecule has 86 valence electrons. The zero-order valence-electron chi connectivity index (χ0n) is 9.96. The molecule has 1 rings (SSSR count). The van der Waals surface area contributed by atoms with Crippen molar-refractivity contribution >= 4 is 11.4 Å². The van der Waals surface area contributed by atoms with Gasteiger partial charge in [-0.15, -0.1) is 0 Å². The Bertz CT molecular complexity index is 377.